The number of aromatic nitrogens is 2. The van der Waals surface area contributed by atoms with Crippen molar-refractivity contribution in [3.05, 3.63) is 166 Å². The number of fused-ring (bicyclic) bond motifs is 1. The van der Waals surface area contributed by atoms with Crippen LogP contribution in [0.4, 0.5) is 5.82 Å². The molecule has 9 nitrogen and oxygen atoms in total. The van der Waals surface area contributed by atoms with Crippen LogP contribution in [0.3, 0.4) is 0 Å². The molecular formula is C38H37N3O6P2. The molecule has 0 aliphatic carbocycles. The van der Waals surface area contributed by atoms with Gasteiger partial charge in [-0.25, -0.2) is 9.78 Å². The zero-order chi connectivity index (χ0) is 34.5. The zero-order valence-electron chi connectivity index (χ0n) is 27.4. The summed E-state index contributed by atoms with van der Waals surface area (Å²) in [7, 11) is -5.71. The first-order valence-corrected chi connectivity index (χ1v) is 20.0. The second-order valence-corrected chi connectivity index (χ2v) is 19.8. The van der Waals surface area contributed by atoms with Crippen molar-refractivity contribution in [2.45, 2.75) is 35.7 Å². The number of nitrogens with zero attached hydrogens (tertiary/aromatic N) is 2. The van der Waals surface area contributed by atoms with Crippen LogP contribution >= 0.6 is 14.3 Å². The molecule has 3 heterocycles. The van der Waals surface area contributed by atoms with E-state index < -0.39 is 47.7 Å². The third-order valence-electron chi connectivity index (χ3n) is 10.2. The average Bonchev–Trinajstić information content (AvgIpc) is 3.91. The molecule has 2 aliphatic heterocycles. The van der Waals surface area contributed by atoms with Gasteiger partial charge in [-0.15, -0.1) is 0 Å². The third-order valence-corrected chi connectivity index (χ3v) is 22.2. The van der Waals surface area contributed by atoms with Gasteiger partial charge in [-0.05, 0) is 34.9 Å². The number of aromatic amines is 1. The number of hydrogen-bond acceptors (Lipinski definition) is 7. The summed E-state index contributed by atoms with van der Waals surface area (Å²) >= 11 is 0. The van der Waals surface area contributed by atoms with Crippen LogP contribution in [0, 0.1) is 0 Å². The van der Waals surface area contributed by atoms with Gasteiger partial charge in [-0.2, -0.15) is 0 Å². The van der Waals surface area contributed by atoms with Crippen LogP contribution in [0.15, 0.2) is 138 Å². The van der Waals surface area contributed by atoms with E-state index in [2.05, 4.69) is 9.97 Å². The number of anilines is 1. The summed E-state index contributed by atoms with van der Waals surface area (Å²) in [5, 5.41) is -1.66. The summed E-state index contributed by atoms with van der Waals surface area (Å²) in [5.41, 5.74) is 0.644. The topological polar surface area (TPSA) is 119 Å². The van der Waals surface area contributed by atoms with Gasteiger partial charge < -0.3 is 18.6 Å². The van der Waals surface area contributed by atoms with Gasteiger partial charge in [0.2, 0.25) is 0 Å². The van der Waals surface area contributed by atoms with E-state index in [1.165, 1.54) is 24.3 Å². The zero-order valence-corrected chi connectivity index (χ0v) is 29.2. The fourth-order valence-electron chi connectivity index (χ4n) is 8.19. The van der Waals surface area contributed by atoms with Crippen molar-refractivity contribution in [3.8, 4) is 0 Å². The van der Waals surface area contributed by atoms with E-state index in [4.69, 9.17) is 9.47 Å². The lowest BCUT2D eigenvalue weighted by Crippen LogP contribution is -2.43. The summed E-state index contributed by atoms with van der Waals surface area (Å²) in [5.74, 6) is -0.481. The Balaban J connectivity index is 1.49. The summed E-state index contributed by atoms with van der Waals surface area (Å²) in [4.78, 5) is 33.4. The molecule has 49 heavy (non-hydrogen) atoms. The van der Waals surface area contributed by atoms with Gasteiger partial charge in [-0.3, -0.25) is 14.7 Å². The van der Waals surface area contributed by atoms with Crippen LogP contribution in [0.2, 0.25) is 0 Å². The van der Waals surface area contributed by atoms with E-state index in [0.717, 1.165) is 16.7 Å². The van der Waals surface area contributed by atoms with Crippen LogP contribution in [0.5, 0.6) is 0 Å². The number of carbonyl (C=O) groups is 1. The monoisotopic (exact) mass is 693 g/mol. The molecule has 0 radical (unpaired) electrons. The number of methoxy groups -OCH3 is 1. The molecule has 0 bridgehead atoms. The maximum atomic E-state index is 15.6. The van der Waals surface area contributed by atoms with E-state index in [9.17, 15) is 9.59 Å². The molecule has 1 N–H and O–H groups in total. The smallest absolute Gasteiger partial charge is 0.346 e. The van der Waals surface area contributed by atoms with Gasteiger partial charge in [0, 0.05) is 31.2 Å². The van der Waals surface area contributed by atoms with E-state index >= 15 is 9.13 Å². The SMILES string of the molecule is CCP1(=O)C2([C@@H](OC)OC(c3ccccc3)(c3ccccc3)c3ccccc3)C1(N(C(=O)c1ccccc1)c1ccnc(=O)[nH]1)P2(=O)CC. The number of hydrogen-bond donors (Lipinski definition) is 1. The van der Waals surface area contributed by atoms with Gasteiger partial charge in [0.15, 0.2) is 16.2 Å². The first-order chi connectivity index (χ1) is 23.7. The summed E-state index contributed by atoms with van der Waals surface area (Å²) < 4.78 is 44.8. The minimum Gasteiger partial charge on any atom is -0.354 e. The highest BCUT2D eigenvalue weighted by molar-refractivity contribution is 8.14. The molecule has 250 valence electrons. The van der Waals surface area contributed by atoms with Crippen molar-refractivity contribution in [2.24, 2.45) is 0 Å². The van der Waals surface area contributed by atoms with E-state index in [0.29, 0.717) is 0 Å². The molecule has 1 amide bonds. The highest BCUT2D eigenvalue weighted by Crippen LogP contribution is 3.25. The van der Waals surface area contributed by atoms with Gasteiger partial charge in [0.25, 0.3) is 5.91 Å². The molecule has 1 aromatic heterocycles. The third kappa shape index (κ3) is 4.23. The molecule has 7 rings (SSSR count). The van der Waals surface area contributed by atoms with Crippen LogP contribution in [0.25, 0.3) is 0 Å². The first-order valence-electron chi connectivity index (χ1n) is 16.3. The maximum absolute atomic E-state index is 15.6. The number of H-pyrrole nitrogens is 1. The highest BCUT2D eigenvalue weighted by Gasteiger charge is 3.17. The Labute approximate surface area is 285 Å². The fraction of sp³-hybridized carbons (Fsp3) is 0.237. The van der Waals surface area contributed by atoms with Gasteiger partial charge in [0.05, 0.1) is 0 Å². The van der Waals surface area contributed by atoms with E-state index in [-0.39, 0.29) is 23.7 Å². The number of ether oxygens (including phenoxy) is 2. The number of carbonyl (C=O) groups excluding carboxylic acids is 1. The van der Waals surface area contributed by atoms with Crippen molar-refractivity contribution in [1.29, 1.82) is 0 Å². The minimum atomic E-state index is -3.59. The standard InChI is InChI=1S/C38H37N3O6P2/c1-4-48(44)37(38(48,49(37,45)5-2)41(32-26-27-39-35(43)40-32)33(42)28-18-10-6-11-19-28)34(46-3)47-36(29-20-12-7-13-21-29,30-22-14-8-15-23-30)31-24-16-9-17-25-31/h6-27,34H,4-5H2,1-3H3,(H,39,40,43)/t34-,37?,38?,48?,49?/m0/s1. The maximum Gasteiger partial charge on any atom is 0.346 e. The molecule has 4 aromatic carbocycles. The largest absolute Gasteiger partial charge is 0.354 e. The second kappa shape index (κ2) is 12.2. The number of amides is 1. The Kier molecular flexibility index (Phi) is 8.24. The van der Waals surface area contributed by atoms with Crippen LogP contribution < -0.4 is 10.6 Å². The lowest BCUT2D eigenvalue weighted by atomic mass is 9.80. The van der Waals surface area contributed by atoms with Crippen molar-refractivity contribution in [1.82, 2.24) is 9.97 Å². The Morgan fingerprint density at radius 1 is 0.776 bits per heavy atom. The Hall–Kier alpha value is -4.39. The Bertz CT molecular complexity index is 2020. The lowest BCUT2D eigenvalue weighted by Gasteiger charge is -2.39. The number of nitrogens with one attached hydrogen (secondary N) is 1. The second-order valence-electron chi connectivity index (χ2n) is 12.2. The van der Waals surface area contributed by atoms with Gasteiger partial charge in [-0.1, -0.05) is 123 Å². The Morgan fingerprint density at radius 3 is 1.63 bits per heavy atom. The molecule has 2 unspecified atom stereocenters. The summed E-state index contributed by atoms with van der Waals surface area (Å²) in [6.45, 7) is 3.56. The van der Waals surface area contributed by atoms with Crippen LogP contribution in [0.1, 0.15) is 40.9 Å². The quantitative estimate of drug-likeness (QED) is 0.0815. The Morgan fingerprint density at radius 2 is 1.22 bits per heavy atom. The van der Waals surface area contributed by atoms with Crippen LogP contribution in [-0.4, -0.2) is 51.5 Å². The number of rotatable bonds is 12. The molecule has 0 spiro atoms. The predicted molar refractivity (Wildman–Crippen MR) is 191 cm³/mol. The highest BCUT2D eigenvalue weighted by atomic mass is 31.3. The summed E-state index contributed by atoms with van der Waals surface area (Å²) in [6, 6.07) is 39.0. The predicted octanol–water partition coefficient (Wildman–Crippen LogP) is 7.54. The van der Waals surface area contributed by atoms with E-state index in [1.54, 1.807) is 44.2 Å². The molecular weight excluding hydrogens is 656 g/mol. The lowest BCUT2D eigenvalue weighted by molar-refractivity contribution is -0.174. The molecule has 5 aromatic rings. The van der Waals surface area contributed by atoms with Crippen molar-refractivity contribution < 1.29 is 23.4 Å². The number of benzene rings is 4. The van der Waals surface area contributed by atoms with E-state index in [1.807, 2.05) is 91.0 Å². The average molecular weight is 694 g/mol. The van der Waals surface area contributed by atoms with Crippen molar-refractivity contribution >= 4 is 26.0 Å². The van der Waals surface area contributed by atoms with Crippen molar-refractivity contribution in [3.63, 3.8) is 0 Å². The molecule has 2 aliphatic rings. The van der Waals surface area contributed by atoms with Gasteiger partial charge in [0.1, 0.15) is 25.7 Å². The molecule has 2 saturated heterocycles. The molecule has 2 fully saturated rings. The van der Waals surface area contributed by atoms with Crippen molar-refractivity contribution in [2.75, 3.05) is 24.3 Å². The van der Waals surface area contributed by atoms with Crippen LogP contribution in [-0.2, 0) is 24.2 Å². The molecule has 3 atom stereocenters. The first kappa shape index (κ1) is 33.1. The van der Waals surface area contributed by atoms with Gasteiger partial charge >= 0.3 is 5.69 Å². The minimum absolute atomic E-state index is 0.0610. The molecule has 0 saturated carbocycles. The summed E-state index contributed by atoms with van der Waals surface area (Å²) in [6.07, 6.45) is 0.238. The molecule has 11 heteroatoms. The normalized spacial score (nSPS) is 25.9. The fourth-order valence-corrected chi connectivity index (χ4v) is 23.5.